The number of benzene rings is 1. The summed E-state index contributed by atoms with van der Waals surface area (Å²) in [6.45, 7) is 3.89. The lowest BCUT2D eigenvalue weighted by Gasteiger charge is -2.24. The van der Waals surface area contributed by atoms with E-state index in [1.807, 2.05) is 30.0 Å². The van der Waals surface area contributed by atoms with E-state index in [4.69, 9.17) is 9.47 Å². The highest BCUT2D eigenvalue weighted by molar-refractivity contribution is 14.0. The molecule has 1 aliphatic heterocycles. The van der Waals surface area contributed by atoms with Gasteiger partial charge >= 0.3 is 0 Å². The quantitative estimate of drug-likeness (QED) is 0.384. The van der Waals surface area contributed by atoms with E-state index in [0.29, 0.717) is 11.3 Å². The fraction of sp³-hybridized carbons (Fsp3) is 0.588. The van der Waals surface area contributed by atoms with Crippen molar-refractivity contribution in [1.29, 1.82) is 0 Å². The fourth-order valence-corrected chi connectivity index (χ4v) is 3.89. The Morgan fingerprint density at radius 2 is 2.08 bits per heavy atom. The first kappa shape index (κ1) is 21.2. The Labute approximate surface area is 166 Å². The molecule has 136 valence electrons. The van der Waals surface area contributed by atoms with E-state index < -0.39 is 0 Å². The van der Waals surface area contributed by atoms with Crippen molar-refractivity contribution in [2.24, 2.45) is 4.99 Å². The lowest BCUT2D eigenvalue weighted by molar-refractivity contribution is 0.390. The molecule has 2 rings (SSSR count). The average Bonchev–Trinajstić information content (AvgIpc) is 3.01. The largest absolute Gasteiger partial charge is 0.497 e. The Hall–Kier alpha value is -0.830. The number of ether oxygens (including phenoxy) is 2. The molecule has 0 spiro atoms. The van der Waals surface area contributed by atoms with E-state index in [9.17, 15) is 0 Å². The lowest BCUT2D eigenvalue weighted by Crippen LogP contribution is -2.43. The molecule has 7 heteroatoms. The van der Waals surface area contributed by atoms with Crippen LogP contribution in [-0.4, -0.2) is 44.3 Å². The number of nitrogens with zero attached hydrogens (tertiary/aromatic N) is 1. The molecule has 1 aliphatic rings. The van der Waals surface area contributed by atoms with E-state index in [0.717, 1.165) is 29.6 Å². The molecule has 1 heterocycles. The molecule has 24 heavy (non-hydrogen) atoms. The molecule has 0 aliphatic carbocycles. The Bertz CT molecular complexity index is 549. The Morgan fingerprint density at radius 1 is 1.29 bits per heavy atom. The van der Waals surface area contributed by atoms with Crippen LogP contribution in [-0.2, 0) is 6.54 Å². The van der Waals surface area contributed by atoms with Gasteiger partial charge in [-0.2, -0.15) is 11.8 Å². The van der Waals surface area contributed by atoms with Crippen LogP contribution in [0.25, 0.3) is 0 Å². The molecule has 1 atom stereocenters. The molecule has 0 aromatic heterocycles. The van der Waals surface area contributed by atoms with Crippen LogP contribution >= 0.6 is 35.7 Å². The van der Waals surface area contributed by atoms with Crippen LogP contribution in [0, 0.1) is 0 Å². The van der Waals surface area contributed by atoms with Crippen LogP contribution < -0.4 is 20.1 Å². The summed E-state index contributed by atoms with van der Waals surface area (Å²) in [5, 5.41) is 6.78. The maximum absolute atomic E-state index is 5.43. The molecule has 0 amide bonds. The number of methoxy groups -OCH3 is 2. The molecule has 1 saturated heterocycles. The number of halogens is 1. The second-order valence-electron chi connectivity index (χ2n) is 5.86. The highest BCUT2D eigenvalue weighted by Gasteiger charge is 2.29. The molecule has 1 aromatic carbocycles. The molecule has 0 radical (unpaired) electrons. The third-order valence-corrected chi connectivity index (χ3v) is 5.63. The van der Waals surface area contributed by atoms with Gasteiger partial charge in [0.15, 0.2) is 5.96 Å². The van der Waals surface area contributed by atoms with Crippen LogP contribution in [0.3, 0.4) is 0 Å². The number of hydrogen-bond donors (Lipinski definition) is 2. The predicted molar refractivity (Wildman–Crippen MR) is 113 cm³/mol. The van der Waals surface area contributed by atoms with Crippen molar-refractivity contribution in [2.45, 2.75) is 31.1 Å². The van der Waals surface area contributed by atoms with Gasteiger partial charge in [0, 0.05) is 36.5 Å². The van der Waals surface area contributed by atoms with Crippen LogP contribution in [0.5, 0.6) is 11.5 Å². The molecule has 0 bridgehead atoms. The van der Waals surface area contributed by atoms with Gasteiger partial charge < -0.3 is 20.1 Å². The van der Waals surface area contributed by atoms with Crippen molar-refractivity contribution < 1.29 is 9.47 Å². The number of rotatable bonds is 6. The van der Waals surface area contributed by atoms with Crippen molar-refractivity contribution in [3.8, 4) is 11.5 Å². The van der Waals surface area contributed by atoms with Gasteiger partial charge in [-0.05, 0) is 37.7 Å². The highest BCUT2D eigenvalue weighted by atomic mass is 127. The maximum atomic E-state index is 5.43. The van der Waals surface area contributed by atoms with Gasteiger partial charge in [-0.25, -0.2) is 0 Å². The summed E-state index contributed by atoms with van der Waals surface area (Å²) in [7, 11) is 5.12. The van der Waals surface area contributed by atoms with Gasteiger partial charge in [0.1, 0.15) is 11.5 Å². The Kier molecular flexibility index (Phi) is 9.04. The topological polar surface area (TPSA) is 54.9 Å². The second-order valence-corrected chi connectivity index (χ2v) is 7.54. The maximum Gasteiger partial charge on any atom is 0.191 e. The van der Waals surface area contributed by atoms with E-state index >= 15 is 0 Å². The van der Waals surface area contributed by atoms with E-state index in [1.54, 1.807) is 21.3 Å². The summed E-state index contributed by atoms with van der Waals surface area (Å²) in [5.41, 5.74) is 1.07. The standard InChI is InChI=1S/C17H27N3O2S.HI/c1-17(8-5-9-23-17)12-20-16(18-2)19-11-13-6-7-14(21-3)10-15(13)22-4;/h6-7,10H,5,8-9,11-12H2,1-4H3,(H2,18,19,20);1H. The van der Waals surface area contributed by atoms with Gasteiger partial charge in [-0.3, -0.25) is 4.99 Å². The minimum atomic E-state index is 0. The first-order valence-electron chi connectivity index (χ1n) is 7.89. The molecule has 0 saturated carbocycles. The van der Waals surface area contributed by atoms with Gasteiger partial charge in [0.05, 0.1) is 14.2 Å². The SMILES string of the molecule is CN=C(NCc1ccc(OC)cc1OC)NCC1(C)CCCS1.I. The van der Waals surface area contributed by atoms with Crippen molar-refractivity contribution in [3.63, 3.8) is 0 Å². The first-order chi connectivity index (χ1) is 11.1. The summed E-state index contributed by atoms with van der Waals surface area (Å²) in [6, 6.07) is 5.83. The zero-order valence-electron chi connectivity index (χ0n) is 14.8. The van der Waals surface area contributed by atoms with Crippen LogP contribution in [0.4, 0.5) is 0 Å². The minimum Gasteiger partial charge on any atom is -0.497 e. The fourth-order valence-electron chi connectivity index (χ4n) is 2.64. The van der Waals surface area contributed by atoms with E-state index in [2.05, 4.69) is 22.5 Å². The summed E-state index contributed by atoms with van der Waals surface area (Å²) >= 11 is 2.04. The van der Waals surface area contributed by atoms with E-state index in [1.165, 1.54) is 18.6 Å². The van der Waals surface area contributed by atoms with Crippen LogP contribution in [0.15, 0.2) is 23.2 Å². The first-order valence-corrected chi connectivity index (χ1v) is 8.88. The normalized spacial score (nSPS) is 20.2. The Morgan fingerprint density at radius 3 is 2.67 bits per heavy atom. The van der Waals surface area contributed by atoms with Crippen molar-refractivity contribution >= 4 is 41.7 Å². The number of nitrogens with one attached hydrogen (secondary N) is 2. The molecular formula is C17H28IN3O2S. The molecule has 2 N–H and O–H groups in total. The monoisotopic (exact) mass is 465 g/mol. The van der Waals surface area contributed by atoms with Gasteiger partial charge in [0.25, 0.3) is 0 Å². The minimum absolute atomic E-state index is 0. The van der Waals surface area contributed by atoms with Crippen molar-refractivity contribution in [2.75, 3.05) is 33.6 Å². The van der Waals surface area contributed by atoms with E-state index in [-0.39, 0.29) is 24.0 Å². The van der Waals surface area contributed by atoms with Crippen LogP contribution in [0.2, 0.25) is 0 Å². The summed E-state index contributed by atoms with van der Waals surface area (Å²) in [6.07, 6.45) is 2.56. The molecule has 1 aromatic rings. The van der Waals surface area contributed by atoms with Crippen LogP contribution in [0.1, 0.15) is 25.3 Å². The number of guanidine groups is 1. The zero-order valence-corrected chi connectivity index (χ0v) is 18.0. The highest BCUT2D eigenvalue weighted by Crippen LogP contribution is 2.36. The molecule has 5 nitrogen and oxygen atoms in total. The Balaban J connectivity index is 0.00000288. The zero-order chi connectivity index (χ0) is 16.7. The predicted octanol–water partition coefficient (Wildman–Crippen LogP) is 3.27. The second kappa shape index (κ2) is 10.2. The van der Waals surface area contributed by atoms with Gasteiger partial charge in [-0.1, -0.05) is 0 Å². The smallest absolute Gasteiger partial charge is 0.191 e. The number of hydrogen-bond acceptors (Lipinski definition) is 4. The third-order valence-electron chi connectivity index (χ3n) is 4.09. The van der Waals surface area contributed by atoms with Crippen molar-refractivity contribution in [1.82, 2.24) is 10.6 Å². The summed E-state index contributed by atoms with van der Waals surface area (Å²) in [4.78, 5) is 4.30. The average molecular weight is 465 g/mol. The van der Waals surface area contributed by atoms with Gasteiger partial charge in [-0.15, -0.1) is 24.0 Å². The summed E-state index contributed by atoms with van der Waals surface area (Å²) < 4.78 is 11.0. The molecular weight excluding hydrogens is 437 g/mol. The molecule has 1 unspecified atom stereocenters. The number of thioether (sulfide) groups is 1. The third kappa shape index (κ3) is 5.91. The number of aliphatic imine (C=N–C) groups is 1. The van der Waals surface area contributed by atoms with Gasteiger partial charge in [0.2, 0.25) is 0 Å². The van der Waals surface area contributed by atoms with Crippen molar-refractivity contribution in [3.05, 3.63) is 23.8 Å². The lowest BCUT2D eigenvalue weighted by atomic mass is 10.1. The molecule has 1 fully saturated rings. The summed E-state index contributed by atoms with van der Waals surface area (Å²) in [5.74, 6) is 3.68.